The lowest BCUT2D eigenvalue weighted by atomic mass is 9.94. The molecule has 0 heterocycles. The predicted molar refractivity (Wildman–Crippen MR) is 188 cm³/mol. The molecule has 0 aliphatic heterocycles. The fourth-order valence-electron chi connectivity index (χ4n) is 6.37. The highest BCUT2D eigenvalue weighted by molar-refractivity contribution is 5.69. The van der Waals surface area contributed by atoms with Crippen LogP contribution in [-0.4, -0.2) is 12.6 Å². The van der Waals surface area contributed by atoms with Crippen molar-refractivity contribution in [2.75, 3.05) is 6.61 Å². The Balaban J connectivity index is 3.75. The predicted octanol–water partition coefficient (Wildman–Crippen LogP) is 14.5. The van der Waals surface area contributed by atoms with Gasteiger partial charge in [0.05, 0.1) is 6.61 Å². The van der Waals surface area contributed by atoms with Crippen LogP contribution in [-0.2, 0) is 9.53 Å². The van der Waals surface area contributed by atoms with Crippen LogP contribution in [0.5, 0.6) is 0 Å². The molecule has 252 valence electrons. The molecule has 0 amide bonds. The number of carbonyl (C=O) groups excluding carboxylic acids is 1. The lowest BCUT2D eigenvalue weighted by Crippen LogP contribution is -2.14. The number of rotatable bonds is 36. The van der Waals surface area contributed by atoms with Gasteiger partial charge in [-0.3, -0.25) is 4.79 Å². The number of esters is 1. The van der Waals surface area contributed by atoms with Crippen LogP contribution in [0.1, 0.15) is 239 Å². The minimum atomic E-state index is 0.0554. The molecular weight excluding hydrogens is 512 g/mol. The molecule has 0 aromatic rings. The lowest BCUT2D eigenvalue weighted by Gasteiger charge is -2.17. The Hall–Kier alpha value is -0.530. The summed E-state index contributed by atoms with van der Waals surface area (Å²) in [7, 11) is 0. The van der Waals surface area contributed by atoms with Crippen LogP contribution in [0.2, 0.25) is 0 Å². The van der Waals surface area contributed by atoms with Crippen molar-refractivity contribution in [3.8, 4) is 0 Å². The third-order valence-electron chi connectivity index (χ3n) is 9.40. The topological polar surface area (TPSA) is 26.3 Å². The normalized spacial score (nSPS) is 12.2. The van der Waals surface area contributed by atoms with Gasteiger partial charge in [-0.05, 0) is 25.2 Å². The van der Waals surface area contributed by atoms with E-state index in [4.69, 9.17) is 4.74 Å². The van der Waals surface area contributed by atoms with E-state index in [2.05, 4.69) is 20.8 Å². The summed E-state index contributed by atoms with van der Waals surface area (Å²) in [6.45, 7) is 7.54. The number of ether oxygens (including phenoxy) is 1. The molecule has 1 unspecified atom stereocenters. The molecule has 0 saturated carbocycles. The van der Waals surface area contributed by atoms with Crippen molar-refractivity contribution >= 4 is 5.97 Å². The molecule has 0 rings (SSSR count). The van der Waals surface area contributed by atoms with E-state index in [1.165, 1.54) is 205 Å². The number of unbranched alkanes of at least 4 members (excludes halogenated alkanes) is 28. The van der Waals surface area contributed by atoms with Gasteiger partial charge < -0.3 is 4.74 Å². The highest BCUT2D eigenvalue weighted by Crippen LogP contribution is 2.21. The van der Waals surface area contributed by atoms with Gasteiger partial charge in [0.2, 0.25) is 0 Å². The molecule has 0 aliphatic carbocycles. The van der Waals surface area contributed by atoms with Gasteiger partial charge in [-0.15, -0.1) is 0 Å². The summed E-state index contributed by atoms with van der Waals surface area (Å²) in [5.41, 5.74) is 0. The van der Waals surface area contributed by atoms with Crippen LogP contribution in [0.15, 0.2) is 0 Å². The monoisotopic (exact) mass is 593 g/mol. The highest BCUT2D eigenvalue weighted by atomic mass is 16.5. The summed E-state index contributed by atoms with van der Waals surface area (Å²) in [5.74, 6) is 0.635. The standard InChI is InChI=1S/C40H80O2/c1-4-7-10-13-16-18-19-20-21-22-23-24-25-26-28-31-34-37-40(41)42-38-39(35-32-29-15-12-9-6-3)36-33-30-27-17-14-11-8-5-2/h39H,4-38H2,1-3H3. The van der Waals surface area contributed by atoms with E-state index in [0.29, 0.717) is 18.9 Å². The van der Waals surface area contributed by atoms with Crippen molar-refractivity contribution in [2.45, 2.75) is 239 Å². The molecule has 0 spiro atoms. The second-order valence-corrected chi connectivity index (χ2v) is 13.8. The molecule has 0 aliphatic rings. The Kier molecular flexibility index (Phi) is 36.2. The van der Waals surface area contributed by atoms with E-state index in [1.54, 1.807) is 0 Å². The van der Waals surface area contributed by atoms with Crippen LogP contribution >= 0.6 is 0 Å². The Morgan fingerprint density at radius 3 is 0.952 bits per heavy atom. The molecule has 1 atom stereocenters. The van der Waals surface area contributed by atoms with Gasteiger partial charge in [-0.25, -0.2) is 0 Å². The molecule has 0 radical (unpaired) electrons. The Labute approximate surface area is 266 Å². The summed E-state index contributed by atoms with van der Waals surface area (Å²) in [6, 6.07) is 0. The lowest BCUT2D eigenvalue weighted by molar-refractivity contribution is -0.145. The van der Waals surface area contributed by atoms with Crippen LogP contribution in [0, 0.1) is 5.92 Å². The molecule has 0 aromatic heterocycles. The zero-order valence-electron chi connectivity index (χ0n) is 29.6. The van der Waals surface area contributed by atoms with E-state index in [1.807, 2.05) is 0 Å². The fourth-order valence-corrected chi connectivity index (χ4v) is 6.37. The third kappa shape index (κ3) is 34.0. The summed E-state index contributed by atoms with van der Waals surface area (Å²) in [6.07, 6.45) is 45.6. The van der Waals surface area contributed by atoms with Gasteiger partial charge >= 0.3 is 5.97 Å². The fraction of sp³-hybridized carbons (Fsp3) is 0.975. The minimum Gasteiger partial charge on any atom is -0.465 e. The van der Waals surface area contributed by atoms with Gasteiger partial charge in [0.1, 0.15) is 0 Å². The van der Waals surface area contributed by atoms with E-state index >= 15 is 0 Å². The highest BCUT2D eigenvalue weighted by Gasteiger charge is 2.12. The van der Waals surface area contributed by atoms with Crippen molar-refractivity contribution in [1.29, 1.82) is 0 Å². The van der Waals surface area contributed by atoms with Crippen LogP contribution in [0.4, 0.5) is 0 Å². The maximum Gasteiger partial charge on any atom is 0.305 e. The third-order valence-corrected chi connectivity index (χ3v) is 9.40. The molecule has 0 bridgehead atoms. The minimum absolute atomic E-state index is 0.0554. The van der Waals surface area contributed by atoms with E-state index < -0.39 is 0 Å². The Morgan fingerprint density at radius 1 is 0.381 bits per heavy atom. The maximum atomic E-state index is 12.4. The molecule has 0 saturated heterocycles. The molecule has 0 aromatic carbocycles. The number of carbonyl (C=O) groups is 1. The van der Waals surface area contributed by atoms with Crippen LogP contribution in [0.25, 0.3) is 0 Å². The van der Waals surface area contributed by atoms with Gasteiger partial charge in [-0.2, -0.15) is 0 Å². The van der Waals surface area contributed by atoms with Crippen molar-refractivity contribution in [1.82, 2.24) is 0 Å². The first kappa shape index (κ1) is 41.5. The molecule has 0 N–H and O–H groups in total. The van der Waals surface area contributed by atoms with Crippen LogP contribution < -0.4 is 0 Å². The average molecular weight is 593 g/mol. The SMILES string of the molecule is CCCCCCCCCCCCCCCCCCCC(=O)OCC(CCCCCCCC)CCCCCCCCCC. The van der Waals surface area contributed by atoms with Gasteiger partial charge in [-0.1, -0.05) is 213 Å². The Bertz CT molecular complexity index is 502. The van der Waals surface area contributed by atoms with Gasteiger partial charge in [0.25, 0.3) is 0 Å². The second kappa shape index (κ2) is 36.7. The average Bonchev–Trinajstić information content (AvgIpc) is 3.00. The van der Waals surface area contributed by atoms with E-state index in [0.717, 1.165) is 6.42 Å². The number of hydrogen-bond donors (Lipinski definition) is 0. The summed E-state index contributed by atoms with van der Waals surface area (Å²) in [5, 5.41) is 0. The van der Waals surface area contributed by atoms with E-state index in [9.17, 15) is 4.79 Å². The second-order valence-electron chi connectivity index (χ2n) is 13.8. The van der Waals surface area contributed by atoms with Crippen molar-refractivity contribution in [3.05, 3.63) is 0 Å². The van der Waals surface area contributed by atoms with E-state index in [-0.39, 0.29) is 5.97 Å². The summed E-state index contributed by atoms with van der Waals surface area (Å²) >= 11 is 0. The summed E-state index contributed by atoms with van der Waals surface area (Å²) < 4.78 is 5.81. The maximum absolute atomic E-state index is 12.4. The number of hydrogen-bond acceptors (Lipinski definition) is 2. The van der Waals surface area contributed by atoms with Crippen LogP contribution in [0.3, 0.4) is 0 Å². The quantitative estimate of drug-likeness (QED) is 0.0534. The Morgan fingerprint density at radius 2 is 0.643 bits per heavy atom. The molecular formula is C40H80O2. The molecule has 2 nitrogen and oxygen atoms in total. The largest absolute Gasteiger partial charge is 0.465 e. The zero-order chi connectivity index (χ0) is 30.6. The smallest absolute Gasteiger partial charge is 0.305 e. The first-order valence-electron chi connectivity index (χ1n) is 19.9. The van der Waals surface area contributed by atoms with Crippen molar-refractivity contribution in [3.63, 3.8) is 0 Å². The summed E-state index contributed by atoms with van der Waals surface area (Å²) in [4.78, 5) is 12.4. The first-order chi connectivity index (χ1) is 20.7. The molecule has 0 fully saturated rings. The van der Waals surface area contributed by atoms with Crippen molar-refractivity contribution < 1.29 is 9.53 Å². The zero-order valence-corrected chi connectivity index (χ0v) is 29.6. The molecule has 2 heteroatoms. The first-order valence-corrected chi connectivity index (χ1v) is 19.9. The van der Waals surface area contributed by atoms with Gasteiger partial charge in [0, 0.05) is 6.42 Å². The van der Waals surface area contributed by atoms with Crippen molar-refractivity contribution in [2.24, 2.45) is 5.92 Å². The van der Waals surface area contributed by atoms with Gasteiger partial charge in [0.15, 0.2) is 0 Å². The molecule has 42 heavy (non-hydrogen) atoms.